The van der Waals surface area contributed by atoms with Gasteiger partial charge in [0.25, 0.3) is 5.89 Å². The van der Waals surface area contributed by atoms with E-state index < -0.39 is 0 Å². The molecule has 2 fully saturated rings. The van der Waals surface area contributed by atoms with Gasteiger partial charge >= 0.3 is 0 Å². The maximum Gasteiger partial charge on any atom is 0.251 e. The van der Waals surface area contributed by atoms with Gasteiger partial charge in [-0.05, 0) is 37.1 Å². The molecule has 236 valence electrons. The fraction of sp³-hybridized carbons (Fsp3) is 0.324. The molecule has 5 aromatic rings. The van der Waals surface area contributed by atoms with E-state index in [-0.39, 0.29) is 5.91 Å². The van der Waals surface area contributed by atoms with Crippen molar-refractivity contribution in [3.05, 3.63) is 67.3 Å². The zero-order valence-corrected chi connectivity index (χ0v) is 26.6. The molecule has 2 aromatic carbocycles. The SMILES string of the molecule is C=CC(=O)Nc1cc(Nc2ncc(-c3nnc(CC)o3)c(-c3cn(C)c4ccccc34)n2)c(OC)cc1N(C)C1C2CN(C)CC21. The van der Waals surface area contributed by atoms with Crippen molar-refractivity contribution >= 4 is 39.8 Å². The Labute approximate surface area is 267 Å². The first-order valence-corrected chi connectivity index (χ1v) is 15.4. The van der Waals surface area contributed by atoms with Gasteiger partial charge < -0.3 is 34.2 Å². The van der Waals surface area contributed by atoms with E-state index in [0.717, 1.165) is 35.2 Å². The number of para-hydroxylation sites is 1. The molecule has 2 unspecified atom stereocenters. The minimum absolute atomic E-state index is 0.300. The number of carbonyl (C=O) groups is 1. The number of aryl methyl sites for hydroxylation is 2. The van der Waals surface area contributed by atoms with Crippen molar-refractivity contribution in [3.8, 4) is 28.5 Å². The standard InChI is InChI=1S/C34H37N9O3/c1-7-29(44)36-24-13-25(28(45-6)14-27(24)43(5)32-22-16-41(3)17-23(22)32)37-34-35-15-20(33-40-39-30(8-2)46-33)31(38-34)21-18-42(4)26-12-10-9-11-19(21)26/h7,9-15,18,22-23,32H,1,8,16-17H2,2-6H3,(H,36,44)(H,35,37,38). The molecule has 0 spiro atoms. The Morgan fingerprint density at radius 3 is 2.65 bits per heavy atom. The van der Waals surface area contributed by atoms with Gasteiger partial charge in [0.05, 0.1) is 35.4 Å². The smallest absolute Gasteiger partial charge is 0.251 e. The van der Waals surface area contributed by atoms with Crippen LogP contribution in [-0.4, -0.2) is 75.9 Å². The van der Waals surface area contributed by atoms with Crippen LogP contribution in [0.15, 0.2) is 65.9 Å². The van der Waals surface area contributed by atoms with Gasteiger partial charge in [-0.1, -0.05) is 31.7 Å². The number of piperidine rings is 1. The van der Waals surface area contributed by atoms with Crippen LogP contribution in [0.2, 0.25) is 0 Å². The summed E-state index contributed by atoms with van der Waals surface area (Å²) in [5.41, 5.74) is 5.33. The van der Waals surface area contributed by atoms with Crippen molar-refractivity contribution in [3.63, 3.8) is 0 Å². The van der Waals surface area contributed by atoms with Crippen LogP contribution < -0.4 is 20.3 Å². The van der Waals surface area contributed by atoms with Crippen LogP contribution in [0.3, 0.4) is 0 Å². The third kappa shape index (κ3) is 5.14. The van der Waals surface area contributed by atoms with E-state index in [1.54, 1.807) is 13.3 Å². The summed E-state index contributed by atoms with van der Waals surface area (Å²) in [7, 11) is 7.87. The first kappa shape index (κ1) is 29.5. The Kier molecular flexibility index (Phi) is 7.44. The highest BCUT2D eigenvalue weighted by Gasteiger charge is 2.57. The summed E-state index contributed by atoms with van der Waals surface area (Å²) in [5.74, 6) is 2.72. The predicted molar refractivity (Wildman–Crippen MR) is 178 cm³/mol. The number of benzene rings is 2. The molecule has 1 aliphatic heterocycles. The summed E-state index contributed by atoms with van der Waals surface area (Å²) in [5, 5.41) is 15.8. The van der Waals surface area contributed by atoms with E-state index in [4.69, 9.17) is 14.1 Å². The molecule has 1 aliphatic carbocycles. The summed E-state index contributed by atoms with van der Waals surface area (Å²) >= 11 is 0. The molecule has 2 atom stereocenters. The van der Waals surface area contributed by atoms with Crippen molar-refractivity contribution in [2.45, 2.75) is 19.4 Å². The summed E-state index contributed by atoms with van der Waals surface area (Å²) in [6.07, 6.45) is 5.61. The number of ether oxygens (including phenoxy) is 1. The number of fused-ring (bicyclic) bond motifs is 2. The van der Waals surface area contributed by atoms with E-state index >= 15 is 0 Å². The molecule has 0 radical (unpaired) electrons. The Balaban J connectivity index is 1.30. The fourth-order valence-corrected chi connectivity index (χ4v) is 6.81. The Bertz CT molecular complexity index is 1950. The van der Waals surface area contributed by atoms with Crippen LogP contribution in [-0.2, 0) is 18.3 Å². The number of hydrogen-bond donors (Lipinski definition) is 2. The third-order valence-corrected chi connectivity index (χ3v) is 9.11. The van der Waals surface area contributed by atoms with Crippen molar-refractivity contribution in [2.75, 3.05) is 49.8 Å². The van der Waals surface area contributed by atoms with Gasteiger partial charge in [-0.15, -0.1) is 10.2 Å². The predicted octanol–water partition coefficient (Wildman–Crippen LogP) is 5.12. The lowest BCUT2D eigenvalue weighted by molar-refractivity contribution is -0.111. The number of amides is 1. The average Bonchev–Trinajstić information content (AvgIpc) is 3.41. The summed E-state index contributed by atoms with van der Waals surface area (Å²) in [6, 6.07) is 12.3. The Hall–Kier alpha value is -5.23. The minimum atomic E-state index is -0.300. The van der Waals surface area contributed by atoms with Crippen molar-refractivity contribution in [1.29, 1.82) is 0 Å². The molecule has 3 aromatic heterocycles. The number of rotatable bonds is 10. The van der Waals surface area contributed by atoms with Crippen molar-refractivity contribution in [2.24, 2.45) is 18.9 Å². The number of hydrogen-bond acceptors (Lipinski definition) is 10. The normalized spacial score (nSPS) is 18.8. The zero-order chi connectivity index (χ0) is 32.1. The lowest BCUT2D eigenvalue weighted by Gasteiger charge is -2.27. The van der Waals surface area contributed by atoms with Crippen LogP contribution in [0, 0.1) is 11.8 Å². The van der Waals surface area contributed by atoms with E-state index in [2.05, 4.69) is 73.0 Å². The summed E-state index contributed by atoms with van der Waals surface area (Å²) < 4.78 is 13.9. The van der Waals surface area contributed by atoms with Crippen LogP contribution in [0.1, 0.15) is 12.8 Å². The fourth-order valence-electron chi connectivity index (χ4n) is 6.81. The third-order valence-electron chi connectivity index (χ3n) is 9.11. The number of nitrogens with one attached hydrogen (secondary N) is 2. The molecule has 0 bridgehead atoms. The molecular weight excluding hydrogens is 582 g/mol. The van der Waals surface area contributed by atoms with Crippen LogP contribution in [0.4, 0.5) is 23.0 Å². The molecule has 2 N–H and O–H groups in total. The van der Waals surface area contributed by atoms with Crippen molar-refractivity contribution < 1.29 is 13.9 Å². The van der Waals surface area contributed by atoms with Gasteiger partial charge in [-0.2, -0.15) is 0 Å². The van der Waals surface area contributed by atoms with Crippen LogP contribution >= 0.6 is 0 Å². The number of aromatic nitrogens is 5. The van der Waals surface area contributed by atoms with Gasteiger partial charge in [0.15, 0.2) is 0 Å². The first-order chi connectivity index (χ1) is 22.3. The second-order valence-corrected chi connectivity index (χ2v) is 12.0. The average molecular weight is 620 g/mol. The second kappa shape index (κ2) is 11.6. The maximum absolute atomic E-state index is 12.6. The molecule has 12 nitrogen and oxygen atoms in total. The molecule has 46 heavy (non-hydrogen) atoms. The molecule has 4 heterocycles. The molecule has 12 heteroatoms. The minimum Gasteiger partial charge on any atom is -0.494 e. The highest BCUT2D eigenvalue weighted by Crippen LogP contribution is 2.51. The number of carbonyl (C=O) groups excluding carboxylic acids is 1. The molecule has 7 rings (SSSR count). The molecule has 1 amide bonds. The molecule has 2 aliphatic rings. The van der Waals surface area contributed by atoms with E-state index in [1.165, 1.54) is 6.08 Å². The molecule has 1 saturated carbocycles. The quantitative estimate of drug-likeness (QED) is 0.203. The first-order valence-electron chi connectivity index (χ1n) is 15.4. The number of nitrogens with zero attached hydrogens (tertiary/aromatic N) is 7. The zero-order valence-electron chi connectivity index (χ0n) is 26.6. The van der Waals surface area contributed by atoms with Crippen molar-refractivity contribution in [1.82, 2.24) is 29.6 Å². The molecular formula is C34H37N9O3. The van der Waals surface area contributed by atoms with E-state index in [0.29, 0.717) is 70.4 Å². The Morgan fingerprint density at radius 2 is 1.93 bits per heavy atom. The highest BCUT2D eigenvalue weighted by molar-refractivity contribution is 6.02. The largest absolute Gasteiger partial charge is 0.494 e. The van der Waals surface area contributed by atoms with Gasteiger partial charge in [0.2, 0.25) is 17.7 Å². The monoisotopic (exact) mass is 619 g/mol. The lowest BCUT2D eigenvalue weighted by Crippen LogP contribution is -2.31. The number of methoxy groups -OCH3 is 1. The number of likely N-dealkylation sites (tertiary alicyclic amines) is 1. The van der Waals surface area contributed by atoms with E-state index in [1.807, 2.05) is 44.4 Å². The Morgan fingerprint density at radius 1 is 1.15 bits per heavy atom. The van der Waals surface area contributed by atoms with Gasteiger partial charge in [0, 0.05) is 74.6 Å². The highest BCUT2D eigenvalue weighted by atomic mass is 16.5. The van der Waals surface area contributed by atoms with Crippen LogP contribution in [0.5, 0.6) is 5.75 Å². The van der Waals surface area contributed by atoms with Gasteiger partial charge in [-0.3, -0.25) is 4.79 Å². The molecule has 1 saturated heterocycles. The summed E-state index contributed by atoms with van der Waals surface area (Å²) in [6.45, 7) is 7.75. The number of anilines is 4. The topological polar surface area (TPSA) is 126 Å². The lowest BCUT2D eigenvalue weighted by atomic mass is 10.1. The van der Waals surface area contributed by atoms with Gasteiger partial charge in [-0.25, -0.2) is 9.97 Å². The maximum atomic E-state index is 12.6. The van der Waals surface area contributed by atoms with Crippen LogP contribution in [0.25, 0.3) is 33.6 Å². The van der Waals surface area contributed by atoms with Gasteiger partial charge in [0.1, 0.15) is 5.75 Å². The second-order valence-electron chi connectivity index (χ2n) is 12.0. The van der Waals surface area contributed by atoms with E-state index in [9.17, 15) is 4.79 Å². The summed E-state index contributed by atoms with van der Waals surface area (Å²) in [4.78, 5) is 26.8.